The third-order valence-corrected chi connectivity index (χ3v) is 4.49. The molecule has 0 spiro atoms. The first-order valence-electron chi connectivity index (χ1n) is 8.37. The van der Waals surface area contributed by atoms with Crippen LogP contribution in [-0.2, 0) is 9.53 Å². The number of hydrogen-bond donors (Lipinski definition) is 2. The molecular formula is C18H28N2O3. The van der Waals surface area contributed by atoms with Crippen LogP contribution in [0.15, 0.2) is 24.3 Å². The van der Waals surface area contributed by atoms with Crippen molar-refractivity contribution in [2.75, 3.05) is 32.1 Å². The van der Waals surface area contributed by atoms with Crippen LogP contribution in [0.1, 0.15) is 33.1 Å². The van der Waals surface area contributed by atoms with Crippen LogP contribution >= 0.6 is 0 Å². The van der Waals surface area contributed by atoms with Gasteiger partial charge in [0.15, 0.2) is 0 Å². The van der Waals surface area contributed by atoms with Gasteiger partial charge < -0.3 is 20.1 Å². The van der Waals surface area contributed by atoms with E-state index in [4.69, 9.17) is 9.47 Å². The van der Waals surface area contributed by atoms with Crippen LogP contribution in [0.25, 0.3) is 0 Å². The van der Waals surface area contributed by atoms with Gasteiger partial charge in [0.2, 0.25) is 5.91 Å². The van der Waals surface area contributed by atoms with Gasteiger partial charge in [-0.25, -0.2) is 0 Å². The average Bonchev–Trinajstić information content (AvgIpc) is 2.57. The van der Waals surface area contributed by atoms with Gasteiger partial charge in [-0.05, 0) is 63.5 Å². The Kier molecular flexibility index (Phi) is 6.42. The third kappa shape index (κ3) is 4.69. The molecule has 0 bridgehead atoms. The van der Waals surface area contributed by atoms with Crippen molar-refractivity contribution in [2.45, 2.75) is 39.2 Å². The van der Waals surface area contributed by atoms with E-state index in [-0.39, 0.29) is 12.0 Å². The number of methoxy groups -OCH3 is 1. The molecule has 5 heteroatoms. The van der Waals surface area contributed by atoms with E-state index in [1.54, 1.807) is 7.11 Å². The van der Waals surface area contributed by atoms with Crippen molar-refractivity contribution in [1.82, 2.24) is 5.32 Å². The molecule has 2 N–H and O–H groups in total. The fraction of sp³-hybridized carbons (Fsp3) is 0.611. The van der Waals surface area contributed by atoms with Crippen LogP contribution in [0.5, 0.6) is 5.75 Å². The van der Waals surface area contributed by atoms with Crippen molar-refractivity contribution in [3.8, 4) is 5.75 Å². The Morgan fingerprint density at radius 3 is 2.52 bits per heavy atom. The lowest BCUT2D eigenvalue weighted by Gasteiger charge is -2.35. The standard InChI is InChI=1S/C18H28N2O3/c1-4-14(2)23-16-7-5-15(6-8-16)20-17(21)18(13-22-3)9-11-19-12-10-18/h5-8,14,19H,4,9-13H2,1-3H3,(H,20,21). The quantitative estimate of drug-likeness (QED) is 0.811. The van der Waals surface area contributed by atoms with E-state index < -0.39 is 5.41 Å². The smallest absolute Gasteiger partial charge is 0.233 e. The number of hydrogen-bond acceptors (Lipinski definition) is 4. The maximum Gasteiger partial charge on any atom is 0.233 e. The number of ether oxygens (including phenoxy) is 2. The van der Waals surface area contributed by atoms with Crippen LogP contribution in [0.4, 0.5) is 5.69 Å². The number of carbonyl (C=O) groups is 1. The summed E-state index contributed by atoms with van der Waals surface area (Å²) in [6, 6.07) is 7.56. The summed E-state index contributed by atoms with van der Waals surface area (Å²) in [5.41, 5.74) is 0.354. The lowest BCUT2D eigenvalue weighted by molar-refractivity contribution is -0.130. The molecule has 1 unspecified atom stereocenters. The van der Waals surface area contributed by atoms with E-state index in [0.29, 0.717) is 6.61 Å². The van der Waals surface area contributed by atoms with Crippen molar-refractivity contribution in [3.05, 3.63) is 24.3 Å². The Hall–Kier alpha value is -1.59. The van der Waals surface area contributed by atoms with Gasteiger partial charge in [0.05, 0.1) is 18.1 Å². The highest BCUT2D eigenvalue weighted by atomic mass is 16.5. The van der Waals surface area contributed by atoms with Crippen molar-refractivity contribution in [1.29, 1.82) is 0 Å². The maximum atomic E-state index is 12.7. The van der Waals surface area contributed by atoms with E-state index >= 15 is 0 Å². The molecule has 1 atom stereocenters. The molecule has 0 aromatic heterocycles. The molecule has 23 heavy (non-hydrogen) atoms. The summed E-state index contributed by atoms with van der Waals surface area (Å²) in [5, 5.41) is 6.33. The second-order valence-electron chi connectivity index (χ2n) is 6.28. The molecule has 0 aliphatic carbocycles. The van der Waals surface area contributed by atoms with E-state index in [0.717, 1.165) is 43.8 Å². The van der Waals surface area contributed by atoms with Crippen LogP contribution in [-0.4, -0.2) is 38.8 Å². The fourth-order valence-corrected chi connectivity index (χ4v) is 2.81. The van der Waals surface area contributed by atoms with Crippen LogP contribution in [0, 0.1) is 5.41 Å². The molecule has 1 aliphatic heterocycles. The molecule has 1 heterocycles. The minimum Gasteiger partial charge on any atom is -0.491 e. The molecule has 0 saturated carbocycles. The highest BCUT2D eigenvalue weighted by Gasteiger charge is 2.39. The zero-order valence-electron chi connectivity index (χ0n) is 14.4. The van der Waals surface area contributed by atoms with E-state index in [1.807, 2.05) is 31.2 Å². The van der Waals surface area contributed by atoms with Crippen LogP contribution in [0.2, 0.25) is 0 Å². The summed E-state index contributed by atoms with van der Waals surface area (Å²) >= 11 is 0. The summed E-state index contributed by atoms with van der Waals surface area (Å²) in [4.78, 5) is 12.7. The molecule has 1 fully saturated rings. The number of benzene rings is 1. The normalized spacial score (nSPS) is 18.2. The van der Waals surface area contributed by atoms with E-state index in [1.165, 1.54) is 0 Å². The lowest BCUT2D eigenvalue weighted by atomic mass is 9.78. The summed E-state index contributed by atoms with van der Waals surface area (Å²) in [5.74, 6) is 0.863. The maximum absolute atomic E-state index is 12.7. The first-order chi connectivity index (χ1) is 11.1. The van der Waals surface area contributed by atoms with Gasteiger partial charge in [0, 0.05) is 12.8 Å². The van der Waals surface area contributed by atoms with Crippen molar-refractivity contribution < 1.29 is 14.3 Å². The molecule has 128 valence electrons. The molecule has 1 amide bonds. The summed E-state index contributed by atoms with van der Waals surface area (Å²) in [7, 11) is 1.65. The second kappa shape index (κ2) is 8.31. The molecular weight excluding hydrogens is 292 g/mol. The average molecular weight is 320 g/mol. The number of amides is 1. The van der Waals surface area contributed by atoms with Crippen molar-refractivity contribution in [3.63, 3.8) is 0 Å². The summed E-state index contributed by atoms with van der Waals surface area (Å²) in [6.07, 6.45) is 2.74. The molecule has 1 aromatic carbocycles. The van der Waals surface area contributed by atoms with E-state index in [2.05, 4.69) is 17.6 Å². The topological polar surface area (TPSA) is 59.6 Å². The Balaban J connectivity index is 2.00. The molecule has 1 aliphatic rings. The Bertz CT molecular complexity index is 490. The summed E-state index contributed by atoms with van der Waals surface area (Å²) < 4.78 is 11.1. The number of anilines is 1. The molecule has 1 saturated heterocycles. The zero-order valence-corrected chi connectivity index (χ0v) is 14.4. The summed E-state index contributed by atoms with van der Waals surface area (Å²) in [6.45, 7) is 6.28. The predicted molar refractivity (Wildman–Crippen MR) is 91.9 cm³/mol. The first kappa shape index (κ1) is 17.8. The monoisotopic (exact) mass is 320 g/mol. The number of carbonyl (C=O) groups excluding carboxylic acids is 1. The van der Waals surface area contributed by atoms with Gasteiger partial charge in [-0.1, -0.05) is 6.92 Å². The largest absolute Gasteiger partial charge is 0.491 e. The lowest BCUT2D eigenvalue weighted by Crippen LogP contribution is -2.47. The molecule has 1 aromatic rings. The fourth-order valence-electron chi connectivity index (χ4n) is 2.81. The van der Waals surface area contributed by atoms with Gasteiger partial charge in [-0.2, -0.15) is 0 Å². The third-order valence-electron chi connectivity index (χ3n) is 4.49. The zero-order chi connectivity index (χ0) is 16.7. The van der Waals surface area contributed by atoms with Gasteiger partial charge >= 0.3 is 0 Å². The minimum absolute atomic E-state index is 0.0384. The van der Waals surface area contributed by atoms with Gasteiger partial charge in [-0.3, -0.25) is 4.79 Å². The van der Waals surface area contributed by atoms with Crippen molar-refractivity contribution in [2.24, 2.45) is 5.41 Å². The number of piperidine rings is 1. The van der Waals surface area contributed by atoms with Crippen LogP contribution in [0.3, 0.4) is 0 Å². The highest BCUT2D eigenvalue weighted by molar-refractivity contribution is 5.95. The second-order valence-corrected chi connectivity index (χ2v) is 6.28. The van der Waals surface area contributed by atoms with Gasteiger partial charge in [0.25, 0.3) is 0 Å². The Morgan fingerprint density at radius 2 is 1.96 bits per heavy atom. The Morgan fingerprint density at radius 1 is 1.30 bits per heavy atom. The van der Waals surface area contributed by atoms with E-state index in [9.17, 15) is 4.79 Å². The molecule has 0 radical (unpaired) electrons. The highest BCUT2D eigenvalue weighted by Crippen LogP contribution is 2.31. The van der Waals surface area contributed by atoms with Gasteiger partial charge in [0.1, 0.15) is 5.75 Å². The van der Waals surface area contributed by atoms with Crippen molar-refractivity contribution >= 4 is 11.6 Å². The SMILES string of the molecule is CCC(C)Oc1ccc(NC(=O)C2(COC)CCNCC2)cc1. The predicted octanol–water partition coefficient (Wildman–Crippen LogP) is 2.82. The number of rotatable bonds is 7. The Labute approximate surface area is 138 Å². The number of nitrogens with one attached hydrogen (secondary N) is 2. The van der Waals surface area contributed by atoms with Crippen LogP contribution < -0.4 is 15.4 Å². The first-order valence-corrected chi connectivity index (χ1v) is 8.37. The molecule has 2 rings (SSSR count). The molecule has 5 nitrogen and oxygen atoms in total. The minimum atomic E-state index is -0.439. The van der Waals surface area contributed by atoms with Gasteiger partial charge in [-0.15, -0.1) is 0 Å².